The average Bonchev–Trinajstić information content (AvgIpc) is 1.65. The number of fused-ring (bicyclic) bond motifs is 6. The highest BCUT2D eigenvalue weighted by atomic mass is 16.6. The summed E-state index contributed by atoms with van der Waals surface area (Å²) in [4.78, 5) is 150. The van der Waals surface area contributed by atoms with Crippen molar-refractivity contribution in [1.82, 2.24) is 106 Å². The van der Waals surface area contributed by atoms with Gasteiger partial charge in [-0.1, -0.05) is 18.2 Å². The van der Waals surface area contributed by atoms with E-state index in [1.54, 1.807) is 74.8 Å². The maximum Gasteiger partial charge on any atom is 0.340 e. The fourth-order valence-electron chi connectivity index (χ4n) is 9.79. The van der Waals surface area contributed by atoms with Crippen LogP contribution in [0.4, 0.5) is 59.3 Å². The van der Waals surface area contributed by atoms with E-state index in [9.17, 15) is 52.7 Å². The molecule has 2 aliphatic heterocycles. The Morgan fingerprint density at radius 1 is 0.402 bits per heavy atom. The van der Waals surface area contributed by atoms with Gasteiger partial charge in [0.1, 0.15) is 23.8 Å². The van der Waals surface area contributed by atoms with Crippen LogP contribution < -0.4 is 121 Å². The molecule has 35 nitrogen and oxygen atoms in total. The first-order valence-corrected chi connectivity index (χ1v) is 27.1. The van der Waals surface area contributed by atoms with Crippen molar-refractivity contribution in [1.29, 1.82) is 0 Å². The molecule has 35 heteroatoms. The minimum Gasteiger partial charge on any atom is -0.456 e. The third-order valence-corrected chi connectivity index (χ3v) is 14.3. The second kappa shape index (κ2) is 30.7. The van der Waals surface area contributed by atoms with Crippen molar-refractivity contribution in [3.05, 3.63) is 82.9 Å². The van der Waals surface area contributed by atoms with Crippen molar-refractivity contribution in [2.45, 2.75) is 54.2 Å². The van der Waals surface area contributed by atoms with Crippen LogP contribution in [-0.4, -0.2) is 213 Å². The van der Waals surface area contributed by atoms with E-state index in [0.29, 0.717) is 16.7 Å². The summed E-state index contributed by atoms with van der Waals surface area (Å²) in [6.45, 7) is -0.689. The number of likely N-dealkylation sites (N-methyl/N-ethyl adjacent to an activating group) is 2. The zero-order chi connectivity index (χ0) is 64.3. The normalized spacial score (nSPS) is 15.8. The lowest BCUT2D eigenvalue weighted by atomic mass is 9.77. The van der Waals surface area contributed by atoms with Crippen molar-refractivity contribution in [2.75, 3.05) is 107 Å². The molecule has 2 aliphatic rings. The summed E-state index contributed by atoms with van der Waals surface area (Å²) in [6, 6.07) is 0.808. The molecular formula is C52H78N22O13. The third kappa shape index (κ3) is 15.9. The lowest BCUT2D eigenvalue weighted by molar-refractivity contribution is 0.0224. The predicted octanol–water partition coefficient (Wildman–Crippen LogP) is -2.72. The SMILES string of the molecule is CNC(=O)NCC(NC(=O)NC)C(NC(=O)NC)C(NC(=O)NC)C(NC(=O)NC)N(C)c1ccc2c(c1)Oc1cc(N(C)C(NC(=O)NC)C(NC(=O)NC)C(NC(=O)NC)C(CNC(=O)NC)NC(=O)NC)ccc1C21OC(=O)c2ccccc21. The van der Waals surface area contributed by atoms with Gasteiger partial charge in [-0.05, 0) is 30.3 Å². The van der Waals surface area contributed by atoms with Gasteiger partial charge in [-0.3, -0.25) is 0 Å². The molecule has 3 aromatic rings. The zero-order valence-electron chi connectivity index (χ0n) is 50.0. The molecule has 0 fully saturated rings. The van der Waals surface area contributed by atoms with Gasteiger partial charge in [-0.2, -0.15) is 0 Å². The van der Waals surface area contributed by atoms with Crippen LogP contribution in [0.1, 0.15) is 27.0 Å². The van der Waals surface area contributed by atoms with Gasteiger partial charge in [-0.15, -0.1) is 0 Å². The molecule has 1 spiro atoms. The van der Waals surface area contributed by atoms with E-state index in [1.807, 2.05) is 0 Å². The quantitative estimate of drug-likeness (QED) is 0.0359. The van der Waals surface area contributed by atoms with E-state index in [4.69, 9.17) is 9.47 Å². The molecule has 87 heavy (non-hydrogen) atoms. The largest absolute Gasteiger partial charge is 0.456 e. The summed E-state index contributed by atoms with van der Waals surface area (Å²) in [7, 11) is 16.5. The van der Waals surface area contributed by atoms with Crippen LogP contribution in [0.15, 0.2) is 60.7 Å². The minimum absolute atomic E-state index is 0.0837. The molecule has 474 valence electrons. The summed E-state index contributed by atoms with van der Waals surface area (Å²) >= 11 is 0. The van der Waals surface area contributed by atoms with Gasteiger partial charge in [0.25, 0.3) is 0 Å². The Hall–Kier alpha value is -10.8. The minimum atomic E-state index is -1.71. The van der Waals surface area contributed by atoms with Crippen molar-refractivity contribution < 1.29 is 62.2 Å². The van der Waals surface area contributed by atoms with Gasteiger partial charge >= 0.3 is 66.3 Å². The Bertz CT molecular complexity index is 2860. The van der Waals surface area contributed by atoms with Gasteiger partial charge in [0, 0.05) is 138 Å². The second-order valence-electron chi connectivity index (χ2n) is 19.2. The lowest BCUT2D eigenvalue weighted by Gasteiger charge is -2.43. The number of nitrogens with zero attached hydrogens (tertiary/aromatic N) is 2. The highest BCUT2D eigenvalue weighted by Crippen LogP contribution is 2.57. The van der Waals surface area contributed by atoms with Crippen LogP contribution in [0, 0.1) is 0 Å². The van der Waals surface area contributed by atoms with Crippen LogP contribution >= 0.6 is 0 Å². The number of hydrogen-bond acceptors (Lipinski definition) is 15. The summed E-state index contributed by atoms with van der Waals surface area (Å²) in [5, 5.41) is 52.1. The molecule has 0 bridgehead atoms. The number of amides is 20. The van der Waals surface area contributed by atoms with Gasteiger partial charge < -0.3 is 126 Å². The number of rotatable bonds is 22. The summed E-state index contributed by atoms with van der Waals surface area (Å²) in [5.74, 6) is -0.510. The number of carbonyl (C=O) groups is 11. The molecule has 0 saturated heterocycles. The van der Waals surface area contributed by atoms with Crippen molar-refractivity contribution in [3.63, 3.8) is 0 Å². The maximum atomic E-state index is 14.1. The molecule has 8 unspecified atom stereocenters. The van der Waals surface area contributed by atoms with Crippen molar-refractivity contribution in [2.24, 2.45) is 0 Å². The van der Waals surface area contributed by atoms with Crippen molar-refractivity contribution in [3.8, 4) is 11.5 Å². The van der Waals surface area contributed by atoms with Gasteiger partial charge in [0.05, 0.1) is 41.8 Å². The molecule has 0 saturated carbocycles. The van der Waals surface area contributed by atoms with Crippen LogP contribution in [0.2, 0.25) is 0 Å². The third-order valence-electron chi connectivity index (χ3n) is 14.3. The van der Waals surface area contributed by atoms with Gasteiger partial charge in [0.2, 0.25) is 0 Å². The van der Waals surface area contributed by atoms with E-state index in [2.05, 4.69) is 106 Å². The number of nitrogens with one attached hydrogen (secondary N) is 20. The van der Waals surface area contributed by atoms with Crippen LogP contribution in [0.3, 0.4) is 0 Å². The molecular weight excluding hydrogens is 1140 g/mol. The Balaban J connectivity index is 1.78. The summed E-state index contributed by atoms with van der Waals surface area (Å²) in [6.07, 6.45) is -2.78. The Morgan fingerprint density at radius 2 is 0.724 bits per heavy atom. The number of esters is 1. The smallest absolute Gasteiger partial charge is 0.340 e. The van der Waals surface area contributed by atoms with Crippen LogP contribution in [0.5, 0.6) is 11.5 Å². The number of carbonyl (C=O) groups excluding carboxylic acids is 11. The zero-order valence-corrected chi connectivity index (χ0v) is 50.0. The number of hydrogen-bond donors (Lipinski definition) is 20. The highest BCUT2D eigenvalue weighted by Gasteiger charge is 2.54. The number of ether oxygens (including phenoxy) is 2. The first-order chi connectivity index (χ1) is 41.5. The lowest BCUT2D eigenvalue weighted by Crippen LogP contribution is -2.73. The first kappa shape index (κ1) is 67.0. The second-order valence-corrected chi connectivity index (χ2v) is 19.2. The fraction of sp³-hybridized carbons (Fsp3) is 0.442. The average molecular weight is 1220 g/mol. The Kier molecular flexibility index (Phi) is 23.6. The predicted molar refractivity (Wildman–Crippen MR) is 317 cm³/mol. The molecule has 20 N–H and O–H groups in total. The number of benzene rings is 3. The Labute approximate surface area is 500 Å². The maximum absolute atomic E-state index is 14.1. The molecule has 0 aliphatic carbocycles. The van der Waals surface area contributed by atoms with E-state index < -0.39 is 120 Å². The number of urea groups is 10. The topological polar surface area (TPSA) is 453 Å². The van der Waals surface area contributed by atoms with E-state index >= 15 is 0 Å². The Morgan fingerprint density at radius 3 is 1.08 bits per heavy atom. The van der Waals surface area contributed by atoms with Crippen LogP contribution in [0.25, 0.3) is 0 Å². The fourth-order valence-corrected chi connectivity index (χ4v) is 9.79. The van der Waals surface area contributed by atoms with E-state index in [0.717, 1.165) is 0 Å². The van der Waals surface area contributed by atoms with Crippen LogP contribution in [-0.2, 0) is 10.3 Å². The molecule has 8 atom stereocenters. The van der Waals surface area contributed by atoms with E-state index in [1.165, 1.54) is 80.3 Å². The molecule has 2 heterocycles. The highest BCUT2D eigenvalue weighted by molar-refractivity contribution is 5.97. The molecule has 5 rings (SSSR count). The van der Waals surface area contributed by atoms with E-state index in [-0.39, 0.29) is 41.5 Å². The monoisotopic (exact) mass is 1220 g/mol. The summed E-state index contributed by atoms with van der Waals surface area (Å²) in [5.41, 5.74) is 0.129. The molecule has 20 amide bonds. The first-order valence-electron chi connectivity index (χ1n) is 27.1. The molecule has 0 radical (unpaired) electrons. The molecule has 0 aromatic heterocycles. The van der Waals surface area contributed by atoms with Crippen molar-refractivity contribution >= 4 is 77.7 Å². The van der Waals surface area contributed by atoms with Gasteiger partial charge in [-0.25, -0.2) is 52.7 Å². The molecule has 3 aromatic carbocycles. The number of anilines is 2. The van der Waals surface area contributed by atoms with Gasteiger partial charge in [0.15, 0.2) is 5.60 Å². The summed E-state index contributed by atoms with van der Waals surface area (Å²) < 4.78 is 13.4. The standard InChI is InChI=1S/C52H78N22O13/c1-53-42(76)63-23-31(65-44(78)55-3)35(67-46(80)57-5)37(69-48(82)59-7)39(71-50(84)61-9)73(11)25-17-19-29-33(21-25)86-34-22-26(18-20-30(34)52(29)28-16-14-13-15-27(28)41(75)87-52)74(12)40(72-51(85)62-10)38(70-49(83)60-8)36(68-47(81)58-6)32(66-45(79)56-4)24-64-43(77)54-2/h13-22,31-32,35-40H,23-24H2,1-12H3,(H2,53,63,76)(H2,54,64,77)(H2,55,65,78)(H2,56,66,79)(H2,57,67,80)(H2,58,68,81)(H2,59,69,82)(H2,60,70,83)(H2,61,71,84)(H2,62,72,85).